The number of hydrogen-bond acceptors (Lipinski definition) is 1. The Morgan fingerprint density at radius 1 is 1.33 bits per heavy atom. The number of alkyl halides is 1. The van der Waals surface area contributed by atoms with Crippen LogP contribution < -0.4 is 4.74 Å². The van der Waals surface area contributed by atoms with Crippen LogP contribution in [0.2, 0.25) is 0 Å². The van der Waals surface area contributed by atoms with Crippen LogP contribution in [0.3, 0.4) is 0 Å². The summed E-state index contributed by atoms with van der Waals surface area (Å²) in [5.41, 5.74) is 3.49. The van der Waals surface area contributed by atoms with Gasteiger partial charge in [0.25, 0.3) is 0 Å². The molecule has 1 nitrogen and oxygen atoms in total. The first-order valence-electron chi connectivity index (χ1n) is 3.89. The minimum atomic E-state index is 0.509. The molecule has 0 saturated carbocycles. The molecule has 0 radical (unpaired) electrons. The van der Waals surface area contributed by atoms with E-state index in [0.29, 0.717) is 5.88 Å². The van der Waals surface area contributed by atoms with Crippen LogP contribution in [0.1, 0.15) is 16.7 Å². The Balaban J connectivity index is 3.24. The van der Waals surface area contributed by atoms with Crippen molar-refractivity contribution < 1.29 is 4.74 Å². The first kappa shape index (κ1) is 9.40. The molecule has 0 aliphatic rings. The molecule has 0 bridgehead atoms. The highest BCUT2D eigenvalue weighted by molar-refractivity contribution is 6.17. The van der Waals surface area contributed by atoms with Gasteiger partial charge in [0.15, 0.2) is 0 Å². The quantitative estimate of drug-likeness (QED) is 0.642. The van der Waals surface area contributed by atoms with E-state index in [1.165, 1.54) is 11.1 Å². The molecule has 2 heteroatoms. The predicted octanol–water partition coefficient (Wildman–Crippen LogP) is 3.05. The summed E-state index contributed by atoms with van der Waals surface area (Å²) in [6.45, 7) is 4.10. The lowest BCUT2D eigenvalue weighted by molar-refractivity contribution is 0.410. The van der Waals surface area contributed by atoms with Crippen molar-refractivity contribution >= 4 is 11.6 Å². The maximum absolute atomic E-state index is 5.79. The van der Waals surface area contributed by atoms with Gasteiger partial charge >= 0.3 is 0 Å². The molecule has 12 heavy (non-hydrogen) atoms. The second-order valence-corrected chi connectivity index (χ2v) is 3.16. The fraction of sp³-hybridized carbons (Fsp3) is 0.400. The monoisotopic (exact) mass is 184 g/mol. The van der Waals surface area contributed by atoms with Gasteiger partial charge in [-0.2, -0.15) is 0 Å². The van der Waals surface area contributed by atoms with Crippen LogP contribution in [-0.2, 0) is 5.88 Å². The number of halogens is 1. The number of methoxy groups -OCH3 is 1. The van der Waals surface area contributed by atoms with E-state index >= 15 is 0 Å². The van der Waals surface area contributed by atoms with Gasteiger partial charge in [-0.25, -0.2) is 0 Å². The summed E-state index contributed by atoms with van der Waals surface area (Å²) >= 11 is 5.79. The molecule has 0 heterocycles. The summed E-state index contributed by atoms with van der Waals surface area (Å²) in [6.07, 6.45) is 0. The zero-order chi connectivity index (χ0) is 9.14. The van der Waals surface area contributed by atoms with Gasteiger partial charge in [0.2, 0.25) is 0 Å². The molecule has 1 aromatic rings. The molecule has 0 aliphatic carbocycles. The van der Waals surface area contributed by atoms with Crippen molar-refractivity contribution in [1.82, 2.24) is 0 Å². The van der Waals surface area contributed by atoms with Gasteiger partial charge in [-0.15, -0.1) is 11.6 Å². The maximum atomic E-state index is 5.79. The van der Waals surface area contributed by atoms with Crippen LogP contribution in [0.15, 0.2) is 12.1 Å². The van der Waals surface area contributed by atoms with Crippen molar-refractivity contribution in [3.05, 3.63) is 28.8 Å². The van der Waals surface area contributed by atoms with Crippen molar-refractivity contribution in [3.8, 4) is 5.75 Å². The lowest BCUT2D eigenvalue weighted by Crippen LogP contribution is -1.93. The van der Waals surface area contributed by atoms with E-state index in [1.807, 2.05) is 19.9 Å². The number of benzene rings is 1. The van der Waals surface area contributed by atoms with Gasteiger partial charge in [0.05, 0.1) is 13.0 Å². The molecule has 0 saturated heterocycles. The zero-order valence-electron chi connectivity index (χ0n) is 7.65. The van der Waals surface area contributed by atoms with E-state index < -0.39 is 0 Å². The maximum Gasteiger partial charge on any atom is 0.123 e. The SMILES string of the molecule is COc1cc(C)cc(C)c1CCl. The molecule has 0 unspecified atom stereocenters. The van der Waals surface area contributed by atoms with Crippen molar-refractivity contribution in [3.63, 3.8) is 0 Å². The molecular formula is C10H13ClO. The largest absolute Gasteiger partial charge is 0.496 e. The molecular weight excluding hydrogens is 172 g/mol. The minimum absolute atomic E-state index is 0.509. The summed E-state index contributed by atoms with van der Waals surface area (Å²) < 4.78 is 5.21. The highest BCUT2D eigenvalue weighted by Crippen LogP contribution is 2.25. The van der Waals surface area contributed by atoms with Crippen LogP contribution >= 0.6 is 11.6 Å². The molecule has 0 N–H and O–H groups in total. The van der Waals surface area contributed by atoms with Crippen molar-refractivity contribution in [2.24, 2.45) is 0 Å². The fourth-order valence-corrected chi connectivity index (χ4v) is 1.65. The van der Waals surface area contributed by atoms with Crippen LogP contribution in [0.25, 0.3) is 0 Å². The summed E-state index contributed by atoms with van der Waals surface area (Å²) in [6, 6.07) is 4.12. The number of ether oxygens (including phenoxy) is 1. The van der Waals surface area contributed by atoms with E-state index in [0.717, 1.165) is 11.3 Å². The van der Waals surface area contributed by atoms with E-state index in [9.17, 15) is 0 Å². The van der Waals surface area contributed by atoms with Gasteiger partial charge in [-0.3, -0.25) is 0 Å². The fourth-order valence-electron chi connectivity index (χ4n) is 1.31. The van der Waals surface area contributed by atoms with Crippen LogP contribution in [0, 0.1) is 13.8 Å². The normalized spacial score (nSPS) is 10.0. The molecule has 0 spiro atoms. The third-order valence-corrected chi connectivity index (χ3v) is 2.20. The first-order chi connectivity index (χ1) is 5.69. The average Bonchev–Trinajstić information content (AvgIpc) is 2.03. The smallest absolute Gasteiger partial charge is 0.123 e. The van der Waals surface area contributed by atoms with Crippen LogP contribution in [0.5, 0.6) is 5.75 Å². The van der Waals surface area contributed by atoms with Gasteiger partial charge in [0.1, 0.15) is 5.75 Å². The molecule has 0 aromatic heterocycles. The Hall–Kier alpha value is -0.690. The predicted molar refractivity (Wildman–Crippen MR) is 52.0 cm³/mol. The average molecular weight is 185 g/mol. The summed E-state index contributed by atoms with van der Waals surface area (Å²) in [7, 11) is 1.67. The number of rotatable bonds is 2. The van der Waals surface area contributed by atoms with E-state index in [2.05, 4.69) is 6.07 Å². The topological polar surface area (TPSA) is 9.23 Å². The lowest BCUT2D eigenvalue weighted by Gasteiger charge is -2.09. The second-order valence-electron chi connectivity index (χ2n) is 2.90. The van der Waals surface area contributed by atoms with Gasteiger partial charge < -0.3 is 4.74 Å². The Morgan fingerprint density at radius 2 is 2.00 bits per heavy atom. The Kier molecular flexibility index (Phi) is 2.99. The highest BCUT2D eigenvalue weighted by atomic mass is 35.5. The van der Waals surface area contributed by atoms with E-state index in [-0.39, 0.29) is 0 Å². The second kappa shape index (κ2) is 3.81. The van der Waals surface area contributed by atoms with Crippen LogP contribution in [0.4, 0.5) is 0 Å². The third-order valence-electron chi connectivity index (χ3n) is 1.93. The Morgan fingerprint density at radius 3 is 2.50 bits per heavy atom. The minimum Gasteiger partial charge on any atom is -0.496 e. The molecule has 0 fully saturated rings. The van der Waals surface area contributed by atoms with Gasteiger partial charge in [0, 0.05) is 5.56 Å². The molecule has 0 amide bonds. The molecule has 1 rings (SSSR count). The zero-order valence-corrected chi connectivity index (χ0v) is 8.40. The molecule has 66 valence electrons. The summed E-state index contributed by atoms with van der Waals surface area (Å²) in [5.74, 6) is 1.40. The van der Waals surface area contributed by atoms with E-state index in [4.69, 9.17) is 16.3 Å². The third kappa shape index (κ3) is 1.72. The Bertz CT molecular complexity index is 281. The van der Waals surface area contributed by atoms with E-state index in [1.54, 1.807) is 7.11 Å². The summed E-state index contributed by atoms with van der Waals surface area (Å²) in [4.78, 5) is 0. The molecule has 0 aliphatic heterocycles. The van der Waals surface area contributed by atoms with Crippen molar-refractivity contribution in [2.45, 2.75) is 19.7 Å². The number of hydrogen-bond donors (Lipinski definition) is 0. The molecule has 1 aromatic carbocycles. The summed E-state index contributed by atoms with van der Waals surface area (Å²) in [5, 5.41) is 0. The van der Waals surface area contributed by atoms with Gasteiger partial charge in [-0.05, 0) is 31.0 Å². The van der Waals surface area contributed by atoms with Crippen LogP contribution in [-0.4, -0.2) is 7.11 Å². The van der Waals surface area contributed by atoms with Gasteiger partial charge in [-0.1, -0.05) is 6.07 Å². The molecule has 0 atom stereocenters. The van der Waals surface area contributed by atoms with Crippen molar-refractivity contribution in [2.75, 3.05) is 7.11 Å². The van der Waals surface area contributed by atoms with Crippen molar-refractivity contribution in [1.29, 1.82) is 0 Å². The Labute approximate surface area is 78.3 Å². The standard InChI is InChI=1S/C10H13ClO/c1-7-4-8(2)9(6-11)10(5-7)12-3/h4-5H,6H2,1-3H3. The highest BCUT2D eigenvalue weighted by Gasteiger charge is 2.05. The first-order valence-corrected chi connectivity index (χ1v) is 4.42. The lowest BCUT2D eigenvalue weighted by atomic mass is 10.1. The number of aryl methyl sites for hydroxylation is 2.